The maximum absolute atomic E-state index is 11.8. The fourth-order valence-electron chi connectivity index (χ4n) is 2.89. The molecule has 1 saturated carbocycles. The highest BCUT2D eigenvalue weighted by Crippen LogP contribution is 2.25. The van der Waals surface area contributed by atoms with Gasteiger partial charge in [-0.25, -0.2) is 0 Å². The third-order valence-electron chi connectivity index (χ3n) is 4.09. The standard InChI is InChI=1S/C17H26N2O2/c1-21-16-9-5-8-15(12-16)19-17(20)13-18-11-10-14-6-3-2-4-7-14/h5,8-9,12,14,18H,2-4,6-7,10-11,13H2,1H3,(H,19,20). The Morgan fingerprint density at radius 1 is 1.29 bits per heavy atom. The number of rotatable bonds is 7. The lowest BCUT2D eigenvalue weighted by Gasteiger charge is -2.21. The molecule has 0 aliphatic heterocycles. The lowest BCUT2D eigenvalue weighted by molar-refractivity contribution is -0.115. The molecule has 1 fully saturated rings. The Labute approximate surface area is 127 Å². The number of benzene rings is 1. The van der Waals surface area contributed by atoms with Crippen molar-refractivity contribution >= 4 is 11.6 Å². The molecule has 1 aliphatic rings. The highest BCUT2D eigenvalue weighted by Gasteiger charge is 2.12. The molecule has 0 bridgehead atoms. The van der Waals surface area contributed by atoms with Crippen LogP contribution in [0.5, 0.6) is 5.75 Å². The van der Waals surface area contributed by atoms with E-state index in [4.69, 9.17) is 4.74 Å². The number of amides is 1. The number of ether oxygens (including phenoxy) is 1. The van der Waals surface area contributed by atoms with Crippen LogP contribution in [0.3, 0.4) is 0 Å². The van der Waals surface area contributed by atoms with Crippen LogP contribution < -0.4 is 15.4 Å². The third kappa shape index (κ3) is 5.76. The Kier molecular flexibility index (Phi) is 6.54. The zero-order chi connectivity index (χ0) is 14.9. The van der Waals surface area contributed by atoms with Gasteiger partial charge in [0.2, 0.25) is 5.91 Å². The first kappa shape index (κ1) is 15.8. The first-order valence-electron chi connectivity index (χ1n) is 7.92. The van der Waals surface area contributed by atoms with Gasteiger partial charge in [0.15, 0.2) is 0 Å². The second-order valence-corrected chi connectivity index (χ2v) is 5.75. The van der Waals surface area contributed by atoms with E-state index in [1.165, 1.54) is 38.5 Å². The predicted octanol–water partition coefficient (Wildman–Crippen LogP) is 3.19. The molecular formula is C17H26N2O2. The first-order valence-corrected chi connectivity index (χ1v) is 7.92. The Bertz CT molecular complexity index is 442. The van der Waals surface area contributed by atoms with Crippen molar-refractivity contribution in [3.63, 3.8) is 0 Å². The van der Waals surface area contributed by atoms with E-state index < -0.39 is 0 Å². The van der Waals surface area contributed by atoms with Gasteiger partial charge in [0.1, 0.15) is 5.75 Å². The highest BCUT2D eigenvalue weighted by atomic mass is 16.5. The normalized spacial score (nSPS) is 15.7. The number of methoxy groups -OCH3 is 1. The molecule has 0 radical (unpaired) electrons. The van der Waals surface area contributed by atoms with Crippen molar-refractivity contribution in [2.24, 2.45) is 5.92 Å². The van der Waals surface area contributed by atoms with Crippen molar-refractivity contribution in [3.8, 4) is 5.75 Å². The molecule has 2 rings (SSSR count). The lowest BCUT2D eigenvalue weighted by Crippen LogP contribution is -2.29. The molecule has 4 heteroatoms. The molecule has 0 heterocycles. The smallest absolute Gasteiger partial charge is 0.238 e. The minimum Gasteiger partial charge on any atom is -0.497 e. The van der Waals surface area contributed by atoms with E-state index in [0.29, 0.717) is 6.54 Å². The predicted molar refractivity (Wildman–Crippen MR) is 85.7 cm³/mol. The molecule has 1 aliphatic carbocycles. The minimum absolute atomic E-state index is 0.00750. The van der Waals surface area contributed by atoms with Crippen LogP contribution in [0.4, 0.5) is 5.69 Å². The molecule has 0 aromatic heterocycles. The molecule has 2 N–H and O–H groups in total. The lowest BCUT2D eigenvalue weighted by atomic mass is 9.87. The fourth-order valence-corrected chi connectivity index (χ4v) is 2.89. The summed E-state index contributed by atoms with van der Waals surface area (Å²) >= 11 is 0. The van der Waals surface area contributed by atoms with Gasteiger partial charge in [-0.2, -0.15) is 0 Å². The zero-order valence-corrected chi connectivity index (χ0v) is 12.9. The van der Waals surface area contributed by atoms with Crippen molar-refractivity contribution < 1.29 is 9.53 Å². The van der Waals surface area contributed by atoms with E-state index in [0.717, 1.165) is 23.9 Å². The second kappa shape index (κ2) is 8.67. The maximum Gasteiger partial charge on any atom is 0.238 e. The van der Waals surface area contributed by atoms with Crippen LogP contribution >= 0.6 is 0 Å². The van der Waals surface area contributed by atoms with Gasteiger partial charge in [-0.05, 0) is 31.0 Å². The molecule has 1 aromatic rings. The molecule has 0 unspecified atom stereocenters. The molecule has 0 saturated heterocycles. The van der Waals surface area contributed by atoms with Crippen LogP contribution in [0.1, 0.15) is 38.5 Å². The molecule has 0 atom stereocenters. The van der Waals surface area contributed by atoms with Crippen LogP contribution in [0.25, 0.3) is 0 Å². The number of hydrogen-bond donors (Lipinski definition) is 2. The summed E-state index contributed by atoms with van der Waals surface area (Å²) in [6.07, 6.45) is 8.05. The minimum atomic E-state index is -0.00750. The molecule has 21 heavy (non-hydrogen) atoms. The Hall–Kier alpha value is -1.55. The molecule has 4 nitrogen and oxygen atoms in total. The second-order valence-electron chi connectivity index (χ2n) is 5.75. The van der Waals surface area contributed by atoms with Gasteiger partial charge >= 0.3 is 0 Å². The van der Waals surface area contributed by atoms with Gasteiger partial charge in [-0.1, -0.05) is 38.2 Å². The number of hydrogen-bond acceptors (Lipinski definition) is 3. The summed E-state index contributed by atoms with van der Waals surface area (Å²) in [6.45, 7) is 1.29. The van der Waals surface area contributed by atoms with E-state index in [1.54, 1.807) is 7.11 Å². The number of carbonyl (C=O) groups excluding carboxylic acids is 1. The van der Waals surface area contributed by atoms with Crippen LogP contribution in [0, 0.1) is 5.92 Å². The monoisotopic (exact) mass is 290 g/mol. The van der Waals surface area contributed by atoms with E-state index in [2.05, 4.69) is 10.6 Å². The number of carbonyl (C=O) groups is 1. The number of nitrogens with one attached hydrogen (secondary N) is 2. The quantitative estimate of drug-likeness (QED) is 0.758. The summed E-state index contributed by atoms with van der Waals surface area (Å²) in [4.78, 5) is 11.8. The Morgan fingerprint density at radius 2 is 2.10 bits per heavy atom. The number of anilines is 1. The Balaban J connectivity index is 1.62. The maximum atomic E-state index is 11.8. The van der Waals surface area contributed by atoms with Crippen molar-refractivity contribution in [2.75, 3.05) is 25.5 Å². The third-order valence-corrected chi connectivity index (χ3v) is 4.09. The van der Waals surface area contributed by atoms with Gasteiger partial charge in [0.25, 0.3) is 0 Å². The fraction of sp³-hybridized carbons (Fsp3) is 0.588. The van der Waals surface area contributed by atoms with Crippen LogP contribution in [0.15, 0.2) is 24.3 Å². The van der Waals surface area contributed by atoms with Gasteiger partial charge in [0.05, 0.1) is 13.7 Å². The van der Waals surface area contributed by atoms with Crippen molar-refractivity contribution in [1.29, 1.82) is 0 Å². The largest absolute Gasteiger partial charge is 0.497 e. The van der Waals surface area contributed by atoms with Gasteiger partial charge in [-0.15, -0.1) is 0 Å². The van der Waals surface area contributed by atoms with E-state index >= 15 is 0 Å². The van der Waals surface area contributed by atoms with E-state index in [1.807, 2.05) is 24.3 Å². The SMILES string of the molecule is COc1cccc(NC(=O)CNCCC2CCCCC2)c1. The summed E-state index contributed by atoms with van der Waals surface area (Å²) in [7, 11) is 1.62. The van der Waals surface area contributed by atoms with E-state index in [9.17, 15) is 4.79 Å². The molecular weight excluding hydrogens is 264 g/mol. The van der Waals surface area contributed by atoms with Crippen molar-refractivity contribution in [3.05, 3.63) is 24.3 Å². The molecule has 1 amide bonds. The van der Waals surface area contributed by atoms with Crippen molar-refractivity contribution in [2.45, 2.75) is 38.5 Å². The topological polar surface area (TPSA) is 50.4 Å². The molecule has 116 valence electrons. The van der Waals surface area contributed by atoms with Crippen LogP contribution in [0.2, 0.25) is 0 Å². The first-order chi connectivity index (χ1) is 10.3. The Morgan fingerprint density at radius 3 is 2.86 bits per heavy atom. The van der Waals surface area contributed by atoms with Gasteiger partial charge < -0.3 is 15.4 Å². The molecule has 1 aromatic carbocycles. The molecule has 0 spiro atoms. The summed E-state index contributed by atoms with van der Waals surface area (Å²) in [5, 5.41) is 6.11. The van der Waals surface area contributed by atoms with E-state index in [-0.39, 0.29) is 5.91 Å². The average molecular weight is 290 g/mol. The average Bonchev–Trinajstić information content (AvgIpc) is 2.53. The summed E-state index contributed by atoms with van der Waals surface area (Å²) < 4.78 is 5.14. The summed E-state index contributed by atoms with van der Waals surface area (Å²) in [5.41, 5.74) is 0.772. The summed E-state index contributed by atoms with van der Waals surface area (Å²) in [6, 6.07) is 7.41. The van der Waals surface area contributed by atoms with Crippen LogP contribution in [-0.4, -0.2) is 26.1 Å². The van der Waals surface area contributed by atoms with Gasteiger partial charge in [-0.3, -0.25) is 4.79 Å². The van der Waals surface area contributed by atoms with Gasteiger partial charge in [0, 0.05) is 11.8 Å². The van der Waals surface area contributed by atoms with Crippen LogP contribution in [-0.2, 0) is 4.79 Å². The summed E-state index contributed by atoms with van der Waals surface area (Å²) in [5.74, 6) is 1.60. The highest BCUT2D eigenvalue weighted by molar-refractivity contribution is 5.92. The zero-order valence-electron chi connectivity index (χ0n) is 12.9. The van der Waals surface area contributed by atoms with Crippen molar-refractivity contribution in [1.82, 2.24) is 5.32 Å².